The minimum atomic E-state index is -2.75. The van der Waals surface area contributed by atoms with Gasteiger partial charge in [-0.2, -0.15) is 13.2 Å². The van der Waals surface area contributed by atoms with Crippen molar-refractivity contribution in [2.24, 2.45) is 5.92 Å². The minimum absolute atomic E-state index is 0.00290. The lowest BCUT2D eigenvalue weighted by Gasteiger charge is -2.24. The van der Waals surface area contributed by atoms with E-state index in [4.69, 9.17) is 9.47 Å². The van der Waals surface area contributed by atoms with Crippen molar-refractivity contribution in [1.29, 1.82) is 0 Å². The number of hydrogen-bond donors (Lipinski definition) is 1. The molecule has 0 saturated carbocycles. The van der Waals surface area contributed by atoms with Crippen molar-refractivity contribution in [3.63, 3.8) is 0 Å². The summed E-state index contributed by atoms with van der Waals surface area (Å²) in [5.41, 5.74) is 1.74. The van der Waals surface area contributed by atoms with Crippen molar-refractivity contribution in [2.45, 2.75) is 52.1 Å². The Morgan fingerprint density at radius 1 is 1.11 bits per heavy atom. The van der Waals surface area contributed by atoms with Gasteiger partial charge in [-0.05, 0) is 37.0 Å². The van der Waals surface area contributed by atoms with E-state index < -0.39 is 36.1 Å². The number of aromatic nitrogens is 1. The lowest BCUT2D eigenvalue weighted by molar-refractivity contribution is -0.127. The Morgan fingerprint density at radius 3 is 2.49 bits per heavy atom. The van der Waals surface area contributed by atoms with Gasteiger partial charge in [0.05, 0.1) is 11.8 Å². The number of hydrogen-bond acceptors (Lipinski definition) is 3. The molecular weight excluding hydrogens is 464 g/mol. The van der Waals surface area contributed by atoms with E-state index in [1.54, 1.807) is 38.1 Å². The van der Waals surface area contributed by atoms with Gasteiger partial charge in [0.25, 0.3) is 5.91 Å². The molecule has 5 nitrogen and oxygen atoms in total. The number of amides is 1. The molecule has 1 fully saturated rings. The predicted octanol–water partition coefficient (Wildman–Crippen LogP) is 6.19. The van der Waals surface area contributed by atoms with E-state index >= 15 is 0 Å². The Balaban J connectivity index is 1.65. The summed E-state index contributed by atoms with van der Waals surface area (Å²) in [6.45, 7) is 2.49. The van der Waals surface area contributed by atoms with Gasteiger partial charge in [-0.25, -0.2) is 4.39 Å². The molecule has 0 bridgehead atoms. The Morgan fingerprint density at radius 2 is 1.83 bits per heavy atom. The first-order valence-corrected chi connectivity index (χ1v) is 11.2. The summed E-state index contributed by atoms with van der Waals surface area (Å²) in [6, 6.07) is 11.4. The quantitative estimate of drug-likeness (QED) is 0.402. The Bertz CT molecular complexity index is 1200. The van der Waals surface area contributed by atoms with Crippen LogP contribution in [0.5, 0.6) is 5.75 Å². The molecule has 1 amide bonds. The first-order chi connectivity index (χ1) is 16.7. The highest BCUT2D eigenvalue weighted by molar-refractivity contribution is 5.95. The van der Waals surface area contributed by atoms with E-state index in [0.29, 0.717) is 15.7 Å². The van der Waals surface area contributed by atoms with Crippen molar-refractivity contribution in [2.75, 3.05) is 5.32 Å². The Hall–Kier alpha value is -3.33. The molecule has 2 aromatic carbocycles. The van der Waals surface area contributed by atoms with Gasteiger partial charge < -0.3 is 14.8 Å². The third-order valence-corrected chi connectivity index (χ3v) is 6.45. The number of carbonyl (C=O) groups excluding carboxylic acids is 1. The molecule has 3 aromatic rings. The molecule has 1 N–H and O–H groups in total. The largest absolute Gasteiger partial charge is 0.485 e. The van der Waals surface area contributed by atoms with Crippen LogP contribution < -0.4 is 10.1 Å². The molecule has 1 aromatic heterocycles. The molecule has 35 heavy (non-hydrogen) atoms. The lowest BCUT2D eigenvalue weighted by Crippen LogP contribution is -2.33. The van der Waals surface area contributed by atoms with Crippen LogP contribution in [0.25, 0.3) is 0 Å². The number of anilines is 1. The van der Waals surface area contributed by atoms with Crippen molar-refractivity contribution in [3.05, 3.63) is 83.2 Å². The fourth-order valence-electron chi connectivity index (χ4n) is 4.39. The molecule has 4 atom stereocenters. The van der Waals surface area contributed by atoms with Gasteiger partial charge >= 0.3 is 6.55 Å². The topological polar surface area (TPSA) is 52.5 Å². The van der Waals surface area contributed by atoms with Gasteiger partial charge in [-0.3, -0.25) is 9.36 Å². The van der Waals surface area contributed by atoms with Gasteiger partial charge in [0.15, 0.2) is 11.6 Å². The highest BCUT2D eigenvalue weighted by Crippen LogP contribution is 2.45. The van der Waals surface area contributed by atoms with Gasteiger partial charge in [-0.1, -0.05) is 43.3 Å². The van der Waals surface area contributed by atoms with Gasteiger partial charge in [0.1, 0.15) is 12.7 Å². The first kappa shape index (κ1) is 24.8. The zero-order valence-corrected chi connectivity index (χ0v) is 19.5. The molecule has 1 aliphatic rings. The van der Waals surface area contributed by atoms with Gasteiger partial charge in [0.2, 0.25) is 5.82 Å². The number of rotatable bonds is 7. The molecule has 186 valence electrons. The first-order valence-electron chi connectivity index (χ1n) is 11.2. The molecule has 1 aliphatic heterocycles. The zero-order valence-electron chi connectivity index (χ0n) is 19.5. The number of alkyl halides is 2. The number of nitrogens with zero attached hydrogens (tertiary/aromatic N) is 1. The number of carbonyl (C=O) groups is 1. The number of aryl methyl sites for hydroxylation is 1. The maximum atomic E-state index is 14.9. The summed E-state index contributed by atoms with van der Waals surface area (Å²) in [7, 11) is 0. The fourth-order valence-corrected chi connectivity index (χ4v) is 4.39. The van der Waals surface area contributed by atoms with Crippen molar-refractivity contribution in [1.82, 2.24) is 4.57 Å². The molecule has 4 rings (SSSR count). The van der Waals surface area contributed by atoms with Crippen LogP contribution in [0.3, 0.4) is 0 Å². The predicted molar refractivity (Wildman–Crippen MR) is 122 cm³/mol. The summed E-state index contributed by atoms with van der Waals surface area (Å²) >= 11 is 0. The van der Waals surface area contributed by atoms with Crippen LogP contribution >= 0.6 is 0 Å². The molecule has 0 radical (unpaired) electrons. The van der Waals surface area contributed by atoms with Crippen molar-refractivity contribution < 1.29 is 31.8 Å². The number of ether oxygens (including phenoxy) is 2. The van der Waals surface area contributed by atoms with Gasteiger partial charge in [-0.15, -0.1) is 0 Å². The van der Waals surface area contributed by atoms with E-state index in [1.807, 2.05) is 13.0 Å². The second-order valence-corrected chi connectivity index (χ2v) is 8.77. The van der Waals surface area contributed by atoms with Crippen LogP contribution in [0, 0.1) is 24.5 Å². The van der Waals surface area contributed by atoms with E-state index in [2.05, 4.69) is 5.32 Å². The highest BCUT2D eigenvalue weighted by Gasteiger charge is 2.46. The fraction of sp³-hybridized carbons (Fsp3) is 0.346. The highest BCUT2D eigenvalue weighted by atomic mass is 19.3. The SMILES string of the molecule is Cc1cn(C(F)F)cc1NC(=O)[C@@H]1O[C@H](C)[C@@H](C)[C@H]1c1ccc(F)c(F)c1OCc1ccccc1. The average Bonchev–Trinajstić information content (AvgIpc) is 3.35. The standard InChI is InChI=1S/C26H26F4N2O3/c1-14-11-32(26(29)30)12-20(14)31-25(33)24-21(15(2)16(3)35-24)18-9-10-19(27)22(28)23(18)34-13-17-7-5-4-6-8-17/h4-12,15-16,21,24,26H,13H2,1-3H3,(H,31,33)/t15-,16-,21+,24-/m1/s1. The maximum absolute atomic E-state index is 14.9. The third kappa shape index (κ3) is 5.05. The minimum Gasteiger partial charge on any atom is -0.485 e. The van der Waals surface area contributed by atoms with E-state index in [9.17, 15) is 22.4 Å². The summed E-state index contributed by atoms with van der Waals surface area (Å²) in [5.74, 6) is -3.97. The molecule has 1 saturated heterocycles. The van der Waals surface area contributed by atoms with E-state index in [1.165, 1.54) is 12.3 Å². The Kier molecular flexibility index (Phi) is 7.16. The van der Waals surface area contributed by atoms with Gasteiger partial charge in [0, 0.05) is 23.9 Å². The van der Waals surface area contributed by atoms with Crippen molar-refractivity contribution in [3.8, 4) is 5.75 Å². The summed E-state index contributed by atoms with van der Waals surface area (Å²) in [4.78, 5) is 13.2. The number of nitrogens with one attached hydrogen (secondary N) is 1. The smallest absolute Gasteiger partial charge is 0.318 e. The molecular formula is C26H26F4N2O3. The van der Waals surface area contributed by atoms with Crippen LogP contribution in [-0.2, 0) is 16.1 Å². The zero-order chi connectivity index (χ0) is 25.3. The molecule has 0 aliphatic carbocycles. The monoisotopic (exact) mass is 490 g/mol. The summed E-state index contributed by atoms with van der Waals surface area (Å²) < 4.78 is 67.5. The number of halogens is 4. The summed E-state index contributed by atoms with van der Waals surface area (Å²) in [5, 5.41) is 2.64. The van der Waals surface area contributed by atoms with Crippen LogP contribution in [0.4, 0.5) is 23.2 Å². The molecule has 0 spiro atoms. The van der Waals surface area contributed by atoms with Crippen LogP contribution in [0.2, 0.25) is 0 Å². The van der Waals surface area contributed by atoms with E-state index in [0.717, 1.165) is 17.8 Å². The van der Waals surface area contributed by atoms with Crippen LogP contribution in [0.15, 0.2) is 54.9 Å². The number of benzene rings is 2. The van der Waals surface area contributed by atoms with Crippen molar-refractivity contribution >= 4 is 11.6 Å². The molecule has 2 heterocycles. The van der Waals surface area contributed by atoms with Crippen LogP contribution in [-0.4, -0.2) is 22.7 Å². The average molecular weight is 490 g/mol. The molecule has 0 unspecified atom stereocenters. The molecule has 9 heteroatoms. The Labute approximate surface area is 200 Å². The maximum Gasteiger partial charge on any atom is 0.318 e. The summed E-state index contributed by atoms with van der Waals surface area (Å²) in [6.07, 6.45) is 0.917. The third-order valence-electron chi connectivity index (χ3n) is 6.45. The lowest BCUT2D eigenvalue weighted by atomic mass is 9.82. The second kappa shape index (κ2) is 10.1. The van der Waals surface area contributed by atoms with Crippen LogP contribution in [0.1, 0.15) is 43.0 Å². The normalized spacial score (nSPS) is 21.9. The second-order valence-electron chi connectivity index (χ2n) is 8.77. The van der Waals surface area contributed by atoms with E-state index in [-0.39, 0.29) is 30.1 Å².